The highest BCUT2D eigenvalue weighted by atomic mass is 14.7. The van der Waals surface area contributed by atoms with Gasteiger partial charge in [0.25, 0.3) is 0 Å². The second-order valence-corrected chi connectivity index (χ2v) is 2.02. The Kier molecular flexibility index (Phi) is 2.65. The summed E-state index contributed by atoms with van der Waals surface area (Å²) >= 11 is 0. The number of rotatable bonds is 1. The smallest absolute Gasteiger partial charge is 0.0276 e. The van der Waals surface area contributed by atoms with Gasteiger partial charge in [-0.1, -0.05) is 13.8 Å². The third-order valence-electron chi connectivity index (χ3n) is 1.19. The Bertz CT molecular complexity index is 72.2. The Balaban J connectivity index is 3.56. The van der Waals surface area contributed by atoms with Crippen LogP contribution < -0.4 is 0 Å². The zero-order valence-electron chi connectivity index (χ0n) is 5.52. The van der Waals surface area contributed by atoms with Crippen molar-refractivity contribution in [2.75, 3.05) is 7.05 Å². The fourth-order valence-corrected chi connectivity index (χ4v) is 0.258. The van der Waals surface area contributed by atoms with E-state index in [1.54, 1.807) is 0 Å². The van der Waals surface area contributed by atoms with Crippen LogP contribution in [0.5, 0.6) is 0 Å². The molecule has 1 heteroatoms. The fraction of sp³-hybridized carbons (Fsp3) is 0.833. The van der Waals surface area contributed by atoms with E-state index in [1.807, 2.05) is 14.0 Å². The minimum Gasteiger partial charge on any atom is -0.297 e. The van der Waals surface area contributed by atoms with Crippen molar-refractivity contribution in [2.24, 2.45) is 10.9 Å². The van der Waals surface area contributed by atoms with E-state index in [-0.39, 0.29) is 0 Å². The normalized spacial score (nSPS) is 13.0. The lowest BCUT2D eigenvalue weighted by atomic mass is 10.1. The van der Waals surface area contributed by atoms with Gasteiger partial charge in [0.15, 0.2) is 0 Å². The predicted octanol–water partition coefficient (Wildman–Crippen LogP) is 1.73. The molecule has 0 aliphatic heterocycles. The minimum atomic E-state index is 0.616. The maximum absolute atomic E-state index is 4.00. The first-order chi connectivity index (χ1) is 3.18. The van der Waals surface area contributed by atoms with Gasteiger partial charge >= 0.3 is 0 Å². The van der Waals surface area contributed by atoms with Crippen molar-refractivity contribution in [1.29, 1.82) is 0 Å². The summed E-state index contributed by atoms with van der Waals surface area (Å²) in [6.07, 6.45) is 0. The second kappa shape index (κ2) is 2.78. The molecule has 42 valence electrons. The summed E-state index contributed by atoms with van der Waals surface area (Å²) in [5.41, 5.74) is 1.22. The van der Waals surface area contributed by atoms with Crippen LogP contribution in [0.25, 0.3) is 0 Å². The van der Waals surface area contributed by atoms with E-state index in [9.17, 15) is 0 Å². The summed E-state index contributed by atoms with van der Waals surface area (Å²) in [5, 5.41) is 0. The van der Waals surface area contributed by atoms with Gasteiger partial charge in [-0.05, 0) is 12.8 Å². The molecule has 0 aliphatic carbocycles. The van der Waals surface area contributed by atoms with Crippen LogP contribution in [0.4, 0.5) is 0 Å². The van der Waals surface area contributed by atoms with Crippen molar-refractivity contribution in [2.45, 2.75) is 20.8 Å². The van der Waals surface area contributed by atoms with Crippen molar-refractivity contribution < 1.29 is 0 Å². The molecule has 0 amide bonds. The molecule has 0 bridgehead atoms. The molecule has 0 aliphatic rings. The van der Waals surface area contributed by atoms with E-state index in [1.165, 1.54) is 5.71 Å². The maximum atomic E-state index is 4.00. The molecule has 1 nitrogen and oxygen atoms in total. The monoisotopic (exact) mass is 99.1 g/mol. The maximum Gasteiger partial charge on any atom is 0.0276 e. The molecule has 0 saturated heterocycles. The third kappa shape index (κ3) is 2.38. The third-order valence-corrected chi connectivity index (χ3v) is 1.19. The van der Waals surface area contributed by atoms with E-state index in [2.05, 4.69) is 18.8 Å². The van der Waals surface area contributed by atoms with Crippen LogP contribution in [-0.2, 0) is 0 Å². The second-order valence-electron chi connectivity index (χ2n) is 2.02. The average molecular weight is 99.2 g/mol. The number of nitrogens with zero attached hydrogens (tertiary/aromatic N) is 1. The minimum absolute atomic E-state index is 0.616. The topological polar surface area (TPSA) is 12.4 Å². The first-order valence-corrected chi connectivity index (χ1v) is 2.61. The molecule has 0 fully saturated rings. The Labute approximate surface area is 45.5 Å². The fourth-order valence-electron chi connectivity index (χ4n) is 0.258. The predicted molar refractivity (Wildman–Crippen MR) is 33.9 cm³/mol. The van der Waals surface area contributed by atoms with Crippen LogP contribution in [0.3, 0.4) is 0 Å². The number of hydrogen-bond donors (Lipinski definition) is 0. The molecular formula is C6H13N. The van der Waals surface area contributed by atoms with Crippen LogP contribution >= 0.6 is 0 Å². The lowest BCUT2D eigenvalue weighted by Crippen LogP contribution is -1.99. The molecule has 0 N–H and O–H groups in total. The highest BCUT2D eigenvalue weighted by Gasteiger charge is 1.92. The van der Waals surface area contributed by atoms with Crippen LogP contribution in [0.1, 0.15) is 20.8 Å². The molecule has 7 heavy (non-hydrogen) atoms. The highest BCUT2D eigenvalue weighted by Crippen LogP contribution is 1.93. The van der Waals surface area contributed by atoms with Crippen molar-refractivity contribution in [1.82, 2.24) is 0 Å². The van der Waals surface area contributed by atoms with Crippen molar-refractivity contribution in [3.63, 3.8) is 0 Å². The van der Waals surface area contributed by atoms with Gasteiger partial charge in [-0.25, -0.2) is 0 Å². The van der Waals surface area contributed by atoms with E-state index in [0.29, 0.717) is 5.92 Å². The quantitative estimate of drug-likeness (QED) is 0.444. The van der Waals surface area contributed by atoms with Gasteiger partial charge in [0, 0.05) is 12.8 Å². The van der Waals surface area contributed by atoms with Gasteiger partial charge in [-0.2, -0.15) is 0 Å². The van der Waals surface area contributed by atoms with E-state index >= 15 is 0 Å². The lowest BCUT2D eigenvalue weighted by Gasteiger charge is -1.98. The van der Waals surface area contributed by atoms with E-state index < -0.39 is 0 Å². The number of aliphatic imine (C=N–C) groups is 1. The summed E-state index contributed by atoms with van der Waals surface area (Å²) in [7, 11) is 1.83. The molecule has 0 heterocycles. The molecule has 0 atom stereocenters. The molecule has 0 aromatic heterocycles. The molecular weight excluding hydrogens is 86.1 g/mol. The van der Waals surface area contributed by atoms with Gasteiger partial charge < -0.3 is 0 Å². The molecule has 0 aromatic carbocycles. The molecule has 0 spiro atoms. The lowest BCUT2D eigenvalue weighted by molar-refractivity contribution is 0.875. The van der Waals surface area contributed by atoms with Gasteiger partial charge in [-0.15, -0.1) is 0 Å². The molecule has 0 saturated carbocycles. The first kappa shape index (κ1) is 6.67. The summed E-state index contributed by atoms with van der Waals surface area (Å²) < 4.78 is 0. The van der Waals surface area contributed by atoms with Gasteiger partial charge in [0.2, 0.25) is 0 Å². The van der Waals surface area contributed by atoms with Crippen molar-refractivity contribution in [3.05, 3.63) is 0 Å². The zero-order valence-corrected chi connectivity index (χ0v) is 5.52. The van der Waals surface area contributed by atoms with Crippen LogP contribution in [0.2, 0.25) is 0 Å². The van der Waals surface area contributed by atoms with Crippen LogP contribution in [0, 0.1) is 5.92 Å². The summed E-state index contributed by atoms with van der Waals surface area (Å²) in [6.45, 7) is 6.33. The molecule has 0 rings (SSSR count). The van der Waals surface area contributed by atoms with Crippen molar-refractivity contribution >= 4 is 5.71 Å². The zero-order chi connectivity index (χ0) is 5.86. The van der Waals surface area contributed by atoms with Crippen LogP contribution in [0.15, 0.2) is 4.99 Å². The molecule has 0 unspecified atom stereocenters. The standard InChI is InChI=1S/C6H13N/c1-5(2)6(3)7-4/h5H,1-4H3. The Morgan fingerprint density at radius 3 is 1.86 bits per heavy atom. The largest absolute Gasteiger partial charge is 0.297 e. The molecule has 0 radical (unpaired) electrons. The SMILES string of the molecule is CN=C(C)C(C)C. The van der Waals surface area contributed by atoms with Gasteiger partial charge in [-0.3, -0.25) is 4.99 Å². The Morgan fingerprint density at radius 2 is 1.86 bits per heavy atom. The van der Waals surface area contributed by atoms with Gasteiger partial charge in [0.1, 0.15) is 0 Å². The van der Waals surface area contributed by atoms with E-state index in [4.69, 9.17) is 0 Å². The highest BCUT2D eigenvalue weighted by molar-refractivity contribution is 5.83. The van der Waals surface area contributed by atoms with E-state index in [0.717, 1.165) is 0 Å². The first-order valence-electron chi connectivity index (χ1n) is 2.61. The van der Waals surface area contributed by atoms with Gasteiger partial charge in [0.05, 0.1) is 0 Å². The average Bonchev–Trinajstić information content (AvgIpc) is 1.65. The summed E-state index contributed by atoms with van der Waals surface area (Å²) in [4.78, 5) is 4.00. The van der Waals surface area contributed by atoms with Crippen molar-refractivity contribution in [3.8, 4) is 0 Å². The van der Waals surface area contributed by atoms with Crippen LogP contribution in [-0.4, -0.2) is 12.8 Å². The summed E-state index contributed by atoms with van der Waals surface area (Å²) in [6, 6.07) is 0. The summed E-state index contributed by atoms with van der Waals surface area (Å²) in [5.74, 6) is 0.616. The Morgan fingerprint density at radius 1 is 1.43 bits per heavy atom. The Hall–Kier alpha value is -0.330. The molecule has 0 aromatic rings. The number of hydrogen-bond acceptors (Lipinski definition) is 1.